The molecule has 90 valence electrons. The Bertz CT molecular complexity index is 912. The van der Waals surface area contributed by atoms with Gasteiger partial charge in [0.2, 0.25) is 0 Å². The van der Waals surface area contributed by atoms with E-state index in [0.29, 0.717) is 6.90 Å². The molecule has 4 rings (SSSR count). The van der Waals surface area contributed by atoms with Gasteiger partial charge in [0.15, 0.2) is 0 Å². The molecule has 0 atom stereocenters. The second-order valence-corrected chi connectivity index (χ2v) is 4.68. The number of aryl methyl sites for hydroxylation is 1. The van der Waals surface area contributed by atoms with Crippen LogP contribution in [0, 0.1) is 6.90 Å². The van der Waals surface area contributed by atoms with E-state index in [4.69, 9.17) is 1.37 Å². The van der Waals surface area contributed by atoms with Crippen LogP contribution in [0.4, 0.5) is 0 Å². The Kier molecular flexibility index (Phi) is 1.87. The molecule has 2 aromatic carbocycles. The molecule has 0 aliphatic heterocycles. The second kappa shape index (κ2) is 3.75. The van der Waals surface area contributed by atoms with Gasteiger partial charge in [-0.2, -0.15) is 0 Å². The van der Waals surface area contributed by atoms with Gasteiger partial charge in [0, 0.05) is 24.5 Å². The van der Waals surface area contributed by atoms with Crippen LogP contribution in [0.25, 0.3) is 32.6 Å². The van der Waals surface area contributed by atoms with Crippen molar-refractivity contribution >= 4 is 32.6 Å². The molecule has 2 heterocycles. The quantitative estimate of drug-likeness (QED) is 0.433. The summed E-state index contributed by atoms with van der Waals surface area (Å²) in [7, 11) is 0. The van der Waals surface area contributed by atoms with Gasteiger partial charge in [-0.1, -0.05) is 35.9 Å². The third-order valence-corrected chi connectivity index (χ3v) is 3.50. The lowest BCUT2D eigenvalue weighted by atomic mass is 9.98. The predicted molar refractivity (Wildman–Crippen MR) is 79.3 cm³/mol. The minimum absolute atomic E-state index is 0.294. The molecule has 0 bridgehead atoms. The van der Waals surface area contributed by atoms with E-state index >= 15 is 0 Å². The first kappa shape index (κ1) is 9.45. The summed E-state index contributed by atoms with van der Waals surface area (Å²) in [6.45, 7) is 0.294. The van der Waals surface area contributed by atoms with Crippen LogP contribution in [-0.4, -0.2) is 9.97 Å². The Hall–Kier alpha value is -2.48. The minimum Gasteiger partial charge on any atom is -0.254 e. The summed E-state index contributed by atoms with van der Waals surface area (Å²) < 4.78 is 7.56. The van der Waals surface area contributed by atoms with Crippen molar-refractivity contribution in [3.63, 3.8) is 0 Å². The van der Waals surface area contributed by atoms with Crippen molar-refractivity contribution < 1.29 is 1.37 Å². The highest BCUT2D eigenvalue weighted by Crippen LogP contribution is 2.32. The zero-order chi connectivity index (χ0) is 13.5. The molecule has 0 saturated heterocycles. The fourth-order valence-electron chi connectivity index (χ4n) is 2.67. The number of aromatic nitrogens is 2. The summed E-state index contributed by atoms with van der Waals surface area (Å²) in [6, 6.07) is 14.3. The first-order chi connectivity index (χ1) is 9.88. The van der Waals surface area contributed by atoms with Crippen LogP contribution < -0.4 is 0 Å². The molecule has 0 saturated carbocycles. The highest BCUT2D eigenvalue weighted by molar-refractivity contribution is 6.22. The smallest absolute Gasteiger partial charge is 0.0970 e. The zero-order valence-electron chi connectivity index (χ0n) is 11.3. The fraction of sp³-hybridized carbons (Fsp3) is 0.0588. The predicted octanol–water partition coefficient (Wildman–Crippen LogP) is 4.24. The van der Waals surface area contributed by atoms with E-state index < -0.39 is 0 Å². The minimum atomic E-state index is 0.294. The van der Waals surface area contributed by atoms with Crippen LogP contribution in [0.15, 0.2) is 54.9 Å². The summed E-state index contributed by atoms with van der Waals surface area (Å²) in [5.41, 5.74) is 2.89. The highest BCUT2D eigenvalue weighted by Gasteiger charge is 2.09. The van der Waals surface area contributed by atoms with E-state index in [1.165, 1.54) is 5.39 Å². The van der Waals surface area contributed by atoms with Gasteiger partial charge in [-0.25, -0.2) is 0 Å². The summed E-state index contributed by atoms with van der Waals surface area (Å²) in [4.78, 5) is 9.01. The van der Waals surface area contributed by atoms with Crippen molar-refractivity contribution in [2.24, 2.45) is 0 Å². The Morgan fingerprint density at radius 3 is 2.16 bits per heavy atom. The number of hydrogen-bond acceptors (Lipinski definition) is 2. The van der Waals surface area contributed by atoms with Gasteiger partial charge in [-0.3, -0.25) is 9.97 Å². The number of nitrogens with zero attached hydrogens (tertiary/aromatic N) is 2. The van der Waals surface area contributed by atoms with Crippen molar-refractivity contribution in [3.8, 4) is 0 Å². The highest BCUT2D eigenvalue weighted by atomic mass is 14.7. The molecule has 0 fully saturated rings. The molecule has 0 unspecified atom stereocenters. The third-order valence-electron chi connectivity index (χ3n) is 3.50. The van der Waals surface area contributed by atoms with E-state index in [0.717, 1.165) is 32.8 Å². The van der Waals surface area contributed by atoms with Crippen LogP contribution in [0.5, 0.6) is 0 Å². The van der Waals surface area contributed by atoms with Gasteiger partial charge in [-0.05, 0) is 29.8 Å². The molecule has 0 aliphatic rings. The van der Waals surface area contributed by atoms with Crippen molar-refractivity contribution in [1.29, 1.82) is 0 Å². The maximum absolute atomic E-state index is 7.56. The van der Waals surface area contributed by atoms with E-state index in [-0.39, 0.29) is 0 Å². The number of benzene rings is 2. The molecule has 19 heavy (non-hydrogen) atoms. The Morgan fingerprint density at radius 2 is 1.47 bits per heavy atom. The Balaban J connectivity index is 2.35. The summed E-state index contributed by atoms with van der Waals surface area (Å²) in [5, 5.41) is 4.54. The molecule has 4 aromatic rings. The topological polar surface area (TPSA) is 25.8 Å². The molecule has 2 heteroatoms. The Labute approximate surface area is 112 Å². The van der Waals surface area contributed by atoms with Gasteiger partial charge in [-0.15, -0.1) is 0 Å². The molecule has 0 aliphatic carbocycles. The van der Waals surface area contributed by atoms with Crippen LogP contribution in [0.3, 0.4) is 0 Å². The van der Waals surface area contributed by atoms with Crippen molar-refractivity contribution in [1.82, 2.24) is 9.97 Å². The summed E-state index contributed by atoms with van der Waals surface area (Å²) >= 11 is 0. The molecule has 2 nitrogen and oxygen atoms in total. The first-order valence-electron chi connectivity index (χ1n) is 6.92. The van der Waals surface area contributed by atoms with Crippen LogP contribution in [0.2, 0.25) is 0 Å². The first-order valence-corrected chi connectivity index (χ1v) is 6.22. The molecule has 0 radical (unpaired) electrons. The lowest BCUT2D eigenvalue weighted by molar-refractivity contribution is 1.38. The van der Waals surface area contributed by atoms with Gasteiger partial charge in [0.25, 0.3) is 0 Å². The summed E-state index contributed by atoms with van der Waals surface area (Å²) in [5.74, 6) is 0. The second-order valence-electron chi connectivity index (χ2n) is 4.68. The average Bonchev–Trinajstić information content (AvgIpc) is 2.54. The van der Waals surface area contributed by atoms with Gasteiger partial charge < -0.3 is 0 Å². The van der Waals surface area contributed by atoms with Crippen LogP contribution in [-0.2, 0) is 0 Å². The van der Waals surface area contributed by atoms with E-state index in [1.807, 2.05) is 18.2 Å². The number of rotatable bonds is 0. The Morgan fingerprint density at radius 1 is 0.789 bits per heavy atom. The van der Waals surface area contributed by atoms with Crippen molar-refractivity contribution in [2.45, 2.75) is 6.90 Å². The van der Waals surface area contributed by atoms with Crippen molar-refractivity contribution in [3.05, 3.63) is 60.4 Å². The summed E-state index contributed by atoms with van der Waals surface area (Å²) in [6.07, 6.45) is 3.61. The maximum Gasteiger partial charge on any atom is 0.0970 e. The standard InChI is InChI=1S/C17H12N2/c1-11-6-7-12-13-4-2-8-18-16(13)17-14(15(12)10-11)5-3-9-19-17/h2-10H,1H3/i1D. The zero-order valence-corrected chi connectivity index (χ0v) is 10.3. The van der Waals surface area contributed by atoms with Crippen LogP contribution >= 0.6 is 0 Å². The molecular formula is C17H12N2. The van der Waals surface area contributed by atoms with Gasteiger partial charge >= 0.3 is 0 Å². The lowest BCUT2D eigenvalue weighted by Gasteiger charge is -2.09. The van der Waals surface area contributed by atoms with E-state index in [1.54, 1.807) is 12.4 Å². The molecule has 0 spiro atoms. The average molecular weight is 245 g/mol. The molecule has 2 aromatic heterocycles. The number of pyridine rings is 2. The number of hydrogen-bond donors (Lipinski definition) is 0. The van der Waals surface area contributed by atoms with E-state index in [2.05, 4.69) is 34.2 Å². The molecule has 0 amide bonds. The van der Waals surface area contributed by atoms with Crippen molar-refractivity contribution in [2.75, 3.05) is 0 Å². The molecular weight excluding hydrogens is 232 g/mol. The largest absolute Gasteiger partial charge is 0.254 e. The SMILES string of the molecule is [2H]Cc1ccc2c(c1)c1cccnc1c1ncccc21. The van der Waals surface area contributed by atoms with Gasteiger partial charge in [0.1, 0.15) is 0 Å². The maximum atomic E-state index is 7.56. The lowest BCUT2D eigenvalue weighted by Crippen LogP contribution is -1.88. The fourth-order valence-corrected chi connectivity index (χ4v) is 2.67. The normalized spacial score (nSPS) is 12.1. The molecule has 0 N–H and O–H groups in total. The third kappa shape index (κ3) is 1.43. The van der Waals surface area contributed by atoms with Gasteiger partial charge in [0.05, 0.1) is 11.0 Å². The van der Waals surface area contributed by atoms with E-state index in [9.17, 15) is 0 Å². The number of fused-ring (bicyclic) bond motifs is 6. The monoisotopic (exact) mass is 245 g/mol. The van der Waals surface area contributed by atoms with Crippen LogP contribution in [0.1, 0.15) is 6.93 Å².